The second-order valence-electron chi connectivity index (χ2n) is 4.01. The zero-order valence-electron chi connectivity index (χ0n) is 12.8. The normalized spacial score (nSPS) is 10.4. The molecule has 0 aliphatic heterocycles. The maximum atomic E-state index is 11.2. The van der Waals surface area contributed by atoms with Crippen LogP contribution in [0.1, 0.15) is 19.3 Å². The Hall–Kier alpha value is 0.480. The number of amides is 1. The number of unbranched alkanes of at least 4 members (excludes halogenated alkanes) is 1. The van der Waals surface area contributed by atoms with Crippen LogP contribution in [0.4, 0.5) is 0 Å². The van der Waals surface area contributed by atoms with E-state index in [1.807, 2.05) is 0 Å². The van der Waals surface area contributed by atoms with E-state index in [1.165, 1.54) is 0 Å². The summed E-state index contributed by atoms with van der Waals surface area (Å²) in [6, 6.07) is 0. The Balaban J connectivity index is -0.00000200. The maximum Gasteiger partial charge on any atom is 1.00 e. The molecule has 0 radical (unpaired) electrons. The number of carbonyl (C=O) groups excluding carboxylic acids is 1. The van der Waals surface area contributed by atoms with Crippen LogP contribution in [0.2, 0.25) is 0 Å². The van der Waals surface area contributed by atoms with Crippen molar-refractivity contribution in [1.82, 2.24) is 5.06 Å². The van der Waals surface area contributed by atoms with Crippen LogP contribution >= 0.6 is 7.82 Å². The van der Waals surface area contributed by atoms with Crippen molar-refractivity contribution >= 4 is 25.7 Å². The molecular weight excluding hydrogens is 359 g/mol. The van der Waals surface area contributed by atoms with Gasteiger partial charge in [0, 0.05) is 6.54 Å². The molecule has 0 saturated carbocycles. The van der Waals surface area contributed by atoms with Crippen molar-refractivity contribution in [2.24, 2.45) is 5.92 Å². The van der Waals surface area contributed by atoms with Crippen LogP contribution in [0.5, 0.6) is 0 Å². The molecule has 1 amide bonds. The van der Waals surface area contributed by atoms with Crippen molar-refractivity contribution in [1.29, 1.82) is 0 Å². The summed E-state index contributed by atoms with van der Waals surface area (Å²) in [7, 11) is -4.82. The summed E-state index contributed by atoms with van der Waals surface area (Å²) in [5.74, 6) is -5.61. The van der Waals surface area contributed by atoms with Crippen LogP contribution in [0.3, 0.4) is 0 Å². The van der Waals surface area contributed by atoms with E-state index in [1.54, 1.807) is 0 Å². The summed E-state index contributed by atoms with van der Waals surface area (Å²) < 4.78 is 14.2. The third-order valence-electron chi connectivity index (χ3n) is 2.35. The summed E-state index contributed by atoms with van der Waals surface area (Å²) >= 11 is 0. The topological polar surface area (TPSA) is 182 Å². The summed E-state index contributed by atoms with van der Waals surface area (Å²) in [4.78, 5) is 49.0. The zero-order valence-corrected chi connectivity index (χ0v) is 17.7. The molecule has 0 aromatic rings. The van der Waals surface area contributed by atoms with E-state index in [4.69, 9.17) is 20.0 Å². The molecule has 23 heavy (non-hydrogen) atoms. The van der Waals surface area contributed by atoms with E-state index in [0.717, 1.165) is 0 Å². The fourth-order valence-electron chi connectivity index (χ4n) is 1.30. The molecule has 122 valence electrons. The van der Waals surface area contributed by atoms with Gasteiger partial charge < -0.3 is 20.0 Å². The van der Waals surface area contributed by atoms with Crippen molar-refractivity contribution in [3.05, 3.63) is 0 Å². The third-order valence-corrected chi connectivity index (χ3v) is 2.82. The first-order chi connectivity index (χ1) is 9.54. The standard InChI is InChI=1S/C9H16NO10P.2Na/c11-7(5-20-21(17,18)19)10(16)4-2-1-3-6(8(12)13)9(14)15;;/h6,16H,1-5H2,(H,12,13)(H,14,15)(H2,17,18,19);;/q;2*+1. The second-order valence-corrected chi connectivity index (χ2v) is 5.25. The van der Waals surface area contributed by atoms with E-state index in [-0.39, 0.29) is 90.0 Å². The molecule has 0 aromatic heterocycles. The third kappa shape index (κ3) is 14.5. The number of aliphatic carboxylic acids is 2. The molecule has 0 bridgehead atoms. The van der Waals surface area contributed by atoms with Gasteiger partial charge in [-0.05, 0) is 12.8 Å². The summed E-state index contributed by atoms with van der Waals surface area (Å²) in [5, 5.41) is 26.6. The molecule has 0 unspecified atom stereocenters. The minimum atomic E-state index is -4.82. The SMILES string of the molecule is O=C(O)C(CCCCN(O)C(=O)COP(=O)(O)O)C(=O)O.[Na+].[Na+]. The number of phosphoric acid groups is 1. The van der Waals surface area contributed by atoms with Gasteiger partial charge in [-0.1, -0.05) is 6.42 Å². The first kappa shape index (κ1) is 28.3. The van der Waals surface area contributed by atoms with Gasteiger partial charge in [0.15, 0.2) is 5.92 Å². The van der Waals surface area contributed by atoms with Crippen LogP contribution in [0.25, 0.3) is 0 Å². The first-order valence-electron chi connectivity index (χ1n) is 5.69. The van der Waals surface area contributed by atoms with E-state index in [9.17, 15) is 24.2 Å². The van der Waals surface area contributed by atoms with Crippen LogP contribution < -0.4 is 59.1 Å². The second kappa shape index (κ2) is 13.7. The Labute approximate surface area is 175 Å². The van der Waals surface area contributed by atoms with Gasteiger partial charge in [-0.15, -0.1) is 0 Å². The summed E-state index contributed by atoms with van der Waals surface area (Å²) in [6.07, 6.45) is 0.0495. The molecule has 0 atom stereocenters. The van der Waals surface area contributed by atoms with E-state index in [2.05, 4.69) is 4.52 Å². The molecule has 14 heteroatoms. The summed E-state index contributed by atoms with van der Waals surface area (Å²) in [6.45, 7) is -1.27. The molecule has 0 spiro atoms. The van der Waals surface area contributed by atoms with Gasteiger partial charge >= 0.3 is 78.9 Å². The molecule has 5 N–H and O–H groups in total. The smallest absolute Gasteiger partial charge is 0.481 e. The van der Waals surface area contributed by atoms with Crippen molar-refractivity contribution in [2.75, 3.05) is 13.2 Å². The molecular formula is C9H16NNa2O10P+2. The Morgan fingerprint density at radius 3 is 1.91 bits per heavy atom. The molecule has 11 nitrogen and oxygen atoms in total. The molecule has 0 saturated heterocycles. The monoisotopic (exact) mass is 375 g/mol. The maximum absolute atomic E-state index is 11.2. The summed E-state index contributed by atoms with van der Waals surface area (Å²) in [5.41, 5.74) is 0. The molecule has 0 aliphatic carbocycles. The largest absolute Gasteiger partial charge is 1.00 e. The predicted molar refractivity (Wildman–Crippen MR) is 64.1 cm³/mol. The van der Waals surface area contributed by atoms with Gasteiger partial charge in [0.25, 0.3) is 5.91 Å². The van der Waals surface area contributed by atoms with Crippen LogP contribution in [0.15, 0.2) is 0 Å². The van der Waals surface area contributed by atoms with E-state index in [0.29, 0.717) is 0 Å². The first-order valence-corrected chi connectivity index (χ1v) is 7.22. The number of hydrogen-bond donors (Lipinski definition) is 5. The number of carboxylic acids is 2. The molecule has 0 rings (SSSR count). The molecule has 0 aliphatic rings. The van der Waals surface area contributed by atoms with Gasteiger partial charge in [-0.3, -0.25) is 24.1 Å². The van der Waals surface area contributed by atoms with Crippen molar-refractivity contribution in [3.63, 3.8) is 0 Å². The van der Waals surface area contributed by atoms with Crippen molar-refractivity contribution in [2.45, 2.75) is 19.3 Å². The van der Waals surface area contributed by atoms with Crippen LogP contribution in [-0.4, -0.2) is 61.3 Å². The quantitative estimate of drug-likeness (QED) is 0.0614. The molecule has 0 fully saturated rings. The number of carbonyl (C=O) groups is 3. The van der Waals surface area contributed by atoms with E-state index >= 15 is 0 Å². The van der Waals surface area contributed by atoms with Crippen LogP contribution in [-0.2, 0) is 23.5 Å². The minimum absolute atomic E-state index is 0. The Kier molecular flexibility index (Phi) is 16.9. The Bertz CT molecular complexity index is 428. The van der Waals surface area contributed by atoms with Gasteiger partial charge in [-0.25, -0.2) is 9.63 Å². The predicted octanol–water partition coefficient (Wildman–Crippen LogP) is -6.72. The minimum Gasteiger partial charge on any atom is -0.481 e. The molecule has 0 heterocycles. The van der Waals surface area contributed by atoms with E-state index < -0.39 is 38.2 Å². The van der Waals surface area contributed by atoms with Crippen molar-refractivity contribution in [3.8, 4) is 0 Å². The number of hydroxylamine groups is 2. The zero-order chi connectivity index (χ0) is 16.6. The number of nitrogens with zero attached hydrogens (tertiary/aromatic N) is 1. The number of rotatable bonds is 10. The Morgan fingerprint density at radius 1 is 1.04 bits per heavy atom. The average Bonchev–Trinajstić information content (AvgIpc) is 2.33. The fourth-order valence-corrected chi connectivity index (χ4v) is 1.58. The molecule has 0 aromatic carbocycles. The number of hydrogen-bond acceptors (Lipinski definition) is 6. The van der Waals surface area contributed by atoms with Gasteiger partial charge in [0.1, 0.15) is 6.61 Å². The van der Waals surface area contributed by atoms with Crippen molar-refractivity contribution < 1.29 is 108 Å². The van der Waals surface area contributed by atoms with Crippen LogP contribution in [0, 0.1) is 5.92 Å². The van der Waals surface area contributed by atoms with Gasteiger partial charge in [0.05, 0.1) is 0 Å². The number of phosphoric ester groups is 1. The average molecular weight is 375 g/mol. The van der Waals surface area contributed by atoms with Gasteiger partial charge in [-0.2, -0.15) is 0 Å². The Morgan fingerprint density at radius 2 is 1.52 bits per heavy atom. The van der Waals surface area contributed by atoms with Gasteiger partial charge in [0.2, 0.25) is 0 Å². The fraction of sp³-hybridized carbons (Fsp3) is 0.667. The number of carboxylic acid groups (broad SMARTS) is 2.